The van der Waals surface area contributed by atoms with Crippen molar-refractivity contribution in [3.8, 4) is 6.07 Å². The predicted octanol–water partition coefficient (Wildman–Crippen LogP) is 3.49. The van der Waals surface area contributed by atoms with Crippen LogP contribution in [-0.4, -0.2) is 5.11 Å². The van der Waals surface area contributed by atoms with Gasteiger partial charge in [0, 0.05) is 11.6 Å². The van der Waals surface area contributed by atoms with E-state index in [0.717, 1.165) is 36.9 Å². The van der Waals surface area contributed by atoms with E-state index >= 15 is 0 Å². The quantitative estimate of drug-likeness (QED) is 0.804. The molecule has 0 radical (unpaired) electrons. The van der Waals surface area contributed by atoms with Crippen LogP contribution in [0.25, 0.3) is 0 Å². The highest BCUT2D eigenvalue weighted by molar-refractivity contribution is 5.50. The van der Waals surface area contributed by atoms with Gasteiger partial charge in [0.2, 0.25) is 5.88 Å². The normalized spacial score (nSPS) is 22.6. The van der Waals surface area contributed by atoms with Crippen molar-refractivity contribution in [1.29, 1.82) is 5.26 Å². The van der Waals surface area contributed by atoms with E-state index in [0.29, 0.717) is 5.57 Å². The first-order chi connectivity index (χ1) is 9.31. The molecule has 0 fully saturated rings. The van der Waals surface area contributed by atoms with Gasteiger partial charge in [-0.15, -0.1) is 0 Å². The average Bonchev–Trinajstić information content (AvgIpc) is 2.46. The van der Waals surface area contributed by atoms with E-state index in [-0.39, 0.29) is 11.8 Å². The molecule has 0 amide bonds. The highest BCUT2D eigenvalue weighted by Crippen LogP contribution is 2.42. The number of hydrogen-bond donors (Lipinski definition) is 2. The molecule has 1 heterocycles. The number of aliphatic hydroxyl groups is 1. The van der Waals surface area contributed by atoms with Gasteiger partial charge in [0.15, 0.2) is 0 Å². The van der Waals surface area contributed by atoms with Crippen LogP contribution in [0.15, 0.2) is 53.1 Å². The summed E-state index contributed by atoms with van der Waals surface area (Å²) in [6, 6.07) is 12.1. The zero-order valence-corrected chi connectivity index (χ0v) is 10.7. The number of benzene rings is 1. The Labute approximate surface area is 112 Å². The second-order valence-corrected chi connectivity index (χ2v) is 5.05. The molecule has 1 aromatic rings. The molecule has 3 nitrogen and oxygen atoms in total. The summed E-state index contributed by atoms with van der Waals surface area (Å²) in [7, 11) is 0. The third-order valence-corrected chi connectivity index (χ3v) is 3.93. The molecule has 2 N–H and O–H groups in total. The molecule has 96 valence electrons. The van der Waals surface area contributed by atoms with E-state index < -0.39 is 0 Å². The Balaban J connectivity index is 2.12. The predicted molar refractivity (Wildman–Crippen MR) is 73.1 cm³/mol. The molecule has 3 heteroatoms. The highest BCUT2D eigenvalue weighted by Gasteiger charge is 2.32. The Morgan fingerprint density at radius 3 is 2.63 bits per heavy atom. The van der Waals surface area contributed by atoms with Gasteiger partial charge < -0.3 is 10.4 Å². The topological polar surface area (TPSA) is 56.0 Å². The smallest absolute Gasteiger partial charge is 0.203 e. The van der Waals surface area contributed by atoms with Crippen molar-refractivity contribution in [3.63, 3.8) is 0 Å². The molecule has 1 atom stereocenters. The van der Waals surface area contributed by atoms with Gasteiger partial charge in [-0.25, -0.2) is 0 Å². The molecule has 1 aromatic carbocycles. The average molecular weight is 252 g/mol. The fraction of sp³-hybridized carbons (Fsp3) is 0.312. The number of rotatable bonds is 1. The van der Waals surface area contributed by atoms with Crippen LogP contribution in [0.4, 0.5) is 0 Å². The first-order valence-electron chi connectivity index (χ1n) is 6.68. The van der Waals surface area contributed by atoms with Gasteiger partial charge in [-0.2, -0.15) is 5.26 Å². The summed E-state index contributed by atoms with van der Waals surface area (Å²) in [6.07, 6.45) is 4.26. The van der Waals surface area contributed by atoms with Crippen LogP contribution in [0, 0.1) is 11.3 Å². The van der Waals surface area contributed by atoms with Gasteiger partial charge in [-0.1, -0.05) is 30.3 Å². The number of allylic oxidation sites excluding steroid dienone is 3. The lowest BCUT2D eigenvalue weighted by molar-refractivity contribution is 0.355. The molecule has 0 saturated heterocycles. The molecular formula is C16H16N2O. The molecule has 2 aliphatic rings. The lowest BCUT2D eigenvalue weighted by Gasteiger charge is -2.32. The summed E-state index contributed by atoms with van der Waals surface area (Å²) in [6.45, 7) is 0. The van der Waals surface area contributed by atoms with E-state index in [9.17, 15) is 10.4 Å². The van der Waals surface area contributed by atoms with E-state index in [1.165, 1.54) is 5.57 Å². The molecular weight excluding hydrogens is 236 g/mol. The van der Waals surface area contributed by atoms with Gasteiger partial charge in [-0.3, -0.25) is 0 Å². The number of hydrogen-bond acceptors (Lipinski definition) is 3. The molecule has 0 spiro atoms. The van der Waals surface area contributed by atoms with Crippen molar-refractivity contribution in [2.24, 2.45) is 0 Å². The maximum atomic E-state index is 10.1. The number of nitriles is 1. The van der Waals surface area contributed by atoms with Crippen LogP contribution in [0.1, 0.15) is 37.2 Å². The molecule has 3 rings (SSSR count). The first kappa shape index (κ1) is 11.9. The van der Waals surface area contributed by atoms with Crippen molar-refractivity contribution in [1.82, 2.24) is 5.32 Å². The van der Waals surface area contributed by atoms with Gasteiger partial charge >= 0.3 is 0 Å². The van der Waals surface area contributed by atoms with E-state index in [2.05, 4.69) is 11.4 Å². The van der Waals surface area contributed by atoms with Crippen LogP contribution >= 0.6 is 0 Å². The van der Waals surface area contributed by atoms with Gasteiger partial charge in [0.25, 0.3) is 0 Å². The summed E-state index contributed by atoms with van der Waals surface area (Å²) < 4.78 is 0. The van der Waals surface area contributed by atoms with Crippen LogP contribution in [0.5, 0.6) is 0 Å². The molecule has 1 aliphatic carbocycles. The lowest BCUT2D eigenvalue weighted by atomic mass is 9.77. The zero-order valence-electron chi connectivity index (χ0n) is 10.7. The summed E-state index contributed by atoms with van der Waals surface area (Å²) in [5.74, 6) is -0.0558. The fourth-order valence-electron chi connectivity index (χ4n) is 3.04. The largest absolute Gasteiger partial charge is 0.494 e. The molecule has 1 aliphatic heterocycles. The van der Waals surface area contributed by atoms with Crippen molar-refractivity contribution >= 4 is 0 Å². The Bertz CT molecular complexity index is 593. The number of aliphatic hydroxyl groups excluding tert-OH is 1. The van der Waals surface area contributed by atoms with Crippen molar-refractivity contribution < 1.29 is 5.11 Å². The van der Waals surface area contributed by atoms with Crippen molar-refractivity contribution in [3.05, 3.63) is 58.6 Å². The third kappa shape index (κ3) is 2.00. The van der Waals surface area contributed by atoms with Crippen LogP contribution in [-0.2, 0) is 0 Å². The maximum Gasteiger partial charge on any atom is 0.203 e. The number of nitrogens with one attached hydrogen (secondary N) is 1. The molecule has 19 heavy (non-hydrogen) atoms. The minimum Gasteiger partial charge on any atom is -0.494 e. The molecule has 0 bridgehead atoms. The second kappa shape index (κ2) is 4.81. The Morgan fingerprint density at radius 1 is 1.16 bits per heavy atom. The first-order valence-corrected chi connectivity index (χ1v) is 6.68. The van der Waals surface area contributed by atoms with E-state index in [1.807, 2.05) is 30.3 Å². The standard InChI is InChI=1S/C16H16N2O/c17-10-13-15(11-6-2-1-3-7-11)12-8-4-5-9-14(12)18-16(13)19/h1-3,6-7,15,18-19H,4-5,8-9H2. The monoisotopic (exact) mass is 252 g/mol. The zero-order chi connectivity index (χ0) is 13.2. The van der Waals surface area contributed by atoms with E-state index in [1.54, 1.807) is 0 Å². The molecule has 1 unspecified atom stereocenters. The Hall–Kier alpha value is -2.21. The second-order valence-electron chi connectivity index (χ2n) is 5.05. The fourth-order valence-corrected chi connectivity index (χ4v) is 3.04. The van der Waals surface area contributed by atoms with Crippen LogP contribution < -0.4 is 5.32 Å². The summed E-state index contributed by atoms with van der Waals surface area (Å²) in [4.78, 5) is 0. The van der Waals surface area contributed by atoms with Gasteiger partial charge in [0.1, 0.15) is 11.6 Å². The van der Waals surface area contributed by atoms with Gasteiger partial charge in [-0.05, 0) is 36.8 Å². The van der Waals surface area contributed by atoms with Crippen LogP contribution in [0.2, 0.25) is 0 Å². The van der Waals surface area contributed by atoms with Crippen molar-refractivity contribution in [2.75, 3.05) is 0 Å². The summed E-state index contributed by atoms with van der Waals surface area (Å²) >= 11 is 0. The molecule has 0 saturated carbocycles. The number of dihydropyridines is 1. The SMILES string of the molecule is N#CC1=C(O)NC2=C(CCCC2)C1c1ccccc1. The molecule has 0 aromatic heterocycles. The lowest BCUT2D eigenvalue weighted by Crippen LogP contribution is -2.28. The Kier molecular flexibility index (Phi) is 3.00. The van der Waals surface area contributed by atoms with E-state index in [4.69, 9.17) is 0 Å². The minimum atomic E-state index is -0.0808. The third-order valence-electron chi connectivity index (χ3n) is 3.93. The Morgan fingerprint density at radius 2 is 1.89 bits per heavy atom. The minimum absolute atomic E-state index is 0.0250. The summed E-state index contributed by atoms with van der Waals surface area (Å²) in [5, 5.41) is 22.4. The highest BCUT2D eigenvalue weighted by atomic mass is 16.3. The van der Waals surface area contributed by atoms with Crippen molar-refractivity contribution in [2.45, 2.75) is 31.6 Å². The number of nitrogens with zero attached hydrogens (tertiary/aromatic N) is 1. The summed E-state index contributed by atoms with van der Waals surface area (Å²) in [5.41, 5.74) is 3.90. The van der Waals surface area contributed by atoms with Crippen LogP contribution in [0.3, 0.4) is 0 Å². The maximum absolute atomic E-state index is 10.1. The van der Waals surface area contributed by atoms with Gasteiger partial charge in [0.05, 0.1) is 0 Å².